The molecule has 0 aliphatic carbocycles. The van der Waals surface area contributed by atoms with E-state index in [1.807, 2.05) is 0 Å². The van der Waals surface area contributed by atoms with E-state index in [1.54, 1.807) is 0 Å². The van der Waals surface area contributed by atoms with E-state index in [0.717, 1.165) is 6.07 Å². The minimum absolute atomic E-state index is 0.00350. The summed E-state index contributed by atoms with van der Waals surface area (Å²) in [5.41, 5.74) is 0.00432. The fourth-order valence-electron chi connectivity index (χ4n) is 4.20. The third-order valence-corrected chi connectivity index (χ3v) is 8.06. The van der Waals surface area contributed by atoms with Crippen LogP contribution in [0.4, 0.5) is 0 Å². The van der Waals surface area contributed by atoms with Crippen LogP contribution in [0.1, 0.15) is 12.5 Å². The van der Waals surface area contributed by atoms with Crippen LogP contribution in [0.2, 0.25) is 0 Å². The van der Waals surface area contributed by atoms with Crippen molar-refractivity contribution in [3.63, 3.8) is 0 Å². The predicted molar refractivity (Wildman–Crippen MR) is 118 cm³/mol. The van der Waals surface area contributed by atoms with Crippen LogP contribution in [0.25, 0.3) is 32.3 Å². The molecular formula is C20H16O9S3. The number of hydrogen-bond donors (Lipinski definition) is 3. The summed E-state index contributed by atoms with van der Waals surface area (Å²) < 4.78 is 103. The minimum Gasteiger partial charge on any atom is -0.282 e. The molecule has 0 saturated carbocycles. The van der Waals surface area contributed by atoms with E-state index in [4.69, 9.17) is 0 Å². The molecule has 0 heterocycles. The van der Waals surface area contributed by atoms with Crippen molar-refractivity contribution in [2.45, 2.75) is 28.0 Å². The molecule has 9 nitrogen and oxygen atoms in total. The Balaban J connectivity index is 2.46. The summed E-state index contributed by atoms with van der Waals surface area (Å²) in [4.78, 5) is -1.92. The fourth-order valence-corrected chi connectivity index (χ4v) is 6.82. The topological polar surface area (TPSA) is 163 Å². The molecule has 4 rings (SSSR count). The Bertz CT molecular complexity index is 1730. The summed E-state index contributed by atoms with van der Waals surface area (Å²) in [5, 5.41) is 0.426. The summed E-state index contributed by atoms with van der Waals surface area (Å²) in [7, 11) is -14.7. The molecule has 0 unspecified atom stereocenters. The second-order valence-corrected chi connectivity index (χ2v) is 11.6. The number of allylic oxidation sites excluding steroid dienone is 1. The van der Waals surface area contributed by atoms with Crippen LogP contribution in [0.3, 0.4) is 0 Å². The minimum atomic E-state index is -5.01. The van der Waals surface area contributed by atoms with Gasteiger partial charge < -0.3 is 0 Å². The zero-order chi connectivity index (χ0) is 23.8. The van der Waals surface area contributed by atoms with Gasteiger partial charge in [-0.1, -0.05) is 42.5 Å². The molecule has 3 N–H and O–H groups in total. The monoisotopic (exact) mass is 496 g/mol. The molecule has 0 spiro atoms. The van der Waals surface area contributed by atoms with Crippen LogP contribution >= 0.6 is 0 Å². The third kappa shape index (κ3) is 3.45. The quantitative estimate of drug-likeness (QED) is 0.213. The van der Waals surface area contributed by atoms with Crippen LogP contribution in [-0.2, 0) is 36.8 Å². The zero-order valence-corrected chi connectivity index (χ0v) is 18.8. The molecule has 0 atom stereocenters. The van der Waals surface area contributed by atoms with Gasteiger partial charge in [-0.3, -0.25) is 13.7 Å². The Morgan fingerprint density at radius 2 is 1.19 bits per heavy atom. The number of hydrogen-bond acceptors (Lipinski definition) is 6. The molecule has 4 aromatic rings. The van der Waals surface area contributed by atoms with Crippen LogP contribution in [0, 0.1) is 0 Å². The van der Waals surface area contributed by atoms with Gasteiger partial charge in [0, 0.05) is 21.5 Å². The summed E-state index contributed by atoms with van der Waals surface area (Å²) >= 11 is 0. The molecule has 0 fully saturated rings. The van der Waals surface area contributed by atoms with Gasteiger partial charge in [0.1, 0.15) is 14.7 Å². The highest BCUT2D eigenvalue weighted by atomic mass is 32.2. The van der Waals surface area contributed by atoms with Gasteiger partial charge in [0.25, 0.3) is 30.4 Å². The Labute approximate surface area is 183 Å². The molecule has 12 heteroatoms. The van der Waals surface area contributed by atoms with Gasteiger partial charge >= 0.3 is 0 Å². The maximum Gasteiger partial charge on any atom is 0.295 e. The average Bonchev–Trinajstić information content (AvgIpc) is 2.61. The predicted octanol–water partition coefficient (Wildman–Crippen LogP) is 3.44. The van der Waals surface area contributed by atoms with E-state index >= 15 is 0 Å². The fraction of sp³-hybridized carbons (Fsp3) is 0.100. The van der Waals surface area contributed by atoms with Crippen molar-refractivity contribution < 1.29 is 38.9 Å². The Hall–Kier alpha value is -2.61. The molecule has 4 aromatic carbocycles. The lowest BCUT2D eigenvalue weighted by atomic mass is 9.91. The van der Waals surface area contributed by atoms with Crippen molar-refractivity contribution in [2.24, 2.45) is 0 Å². The maximum absolute atomic E-state index is 12.4. The van der Waals surface area contributed by atoms with Gasteiger partial charge in [0.2, 0.25) is 0 Å². The lowest BCUT2D eigenvalue weighted by molar-refractivity contribution is 0.478. The van der Waals surface area contributed by atoms with Crippen LogP contribution < -0.4 is 0 Å². The van der Waals surface area contributed by atoms with Gasteiger partial charge in [-0.05, 0) is 35.7 Å². The van der Waals surface area contributed by atoms with E-state index < -0.39 is 45.0 Å². The van der Waals surface area contributed by atoms with E-state index in [2.05, 4.69) is 6.58 Å². The Kier molecular flexibility index (Phi) is 4.90. The van der Waals surface area contributed by atoms with Gasteiger partial charge in [0.15, 0.2) is 0 Å². The van der Waals surface area contributed by atoms with E-state index in [0.29, 0.717) is 11.0 Å². The first kappa shape index (κ1) is 22.6. The van der Waals surface area contributed by atoms with Crippen molar-refractivity contribution in [3.05, 3.63) is 54.1 Å². The molecule has 0 bridgehead atoms. The van der Waals surface area contributed by atoms with Crippen LogP contribution in [0.5, 0.6) is 0 Å². The van der Waals surface area contributed by atoms with E-state index in [9.17, 15) is 38.9 Å². The highest BCUT2D eigenvalue weighted by Gasteiger charge is 2.31. The highest BCUT2D eigenvalue weighted by molar-refractivity contribution is 7.87. The van der Waals surface area contributed by atoms with Crippen molar-refractivity contribution in [1.29, 1.82) is 0 Å². The highest BCUT2D eigenvalue weighted by Crippen LogP contribution is 2.44. The summed E-state index contributed by atoms with van der Waals surface area (Å²) in [6.07, 6.45) is -0.281. The number of rotatable bonds is 5. The molecule has 0 aliphatic rings. The van der Waals surface area contributed by atoms with Gasteiger partial charge in [-0.2, -0.15) is 25.3 Å². The first-order chi connectivity index (χ1) is 14.6. The standard InChI is InChI=1S/C20H16O9S3/c1-10(2)9-15-19(31(24,25)26)13-5-3-11-4-8-16(30(21,22)23)12-6-7-14(18(13)17(11)12)20(15)32(27,28)29/h3-8H,1,9H2,2H3,(H,21,22,23)(H,24,25,26)(H,27,28,29). The molecule has 0 aromatic heterocycles. The van der Waals surface area contributed by atoms with Crippen molar-refractivity contribution in [2.75, 3.05) is 0 Å². The lowest BCUT2D eigenvalue weighted by Crippen LogP contribution is -2.13. The normalized spacial score (nSPS) is 13.4. The molecule has 0 aliphatic heterocycles. The molecule has 0 amide bonds. The Morgan fingerprint density at radius 3 is 1.66 bits per heavy atom. The molecule has 0 radical (unpaired) electrons. The second kappa shape index (κ2) is 6.94. The maximum atomic E-state index is 12.4. The summed E-state index contributed by atoms with van der Waals surface area (Å²) in [6.45, 7) is 5.19. The van der Waals surface area contributed by atoms with Gasteiger partial charge in [-0.25, -0.2) is 0 Å². The molecule has 168 valence electrons. The smallest absolute Gasteiger partial charge is 0.282 e. The lowest BCUT2D eigenvalue weighted by Gasteiger charge is -2.20. The van der Waals surface area contributed by atoms with E-state index in [1.165, 1.54) is 37.3 Å². The molecular weight excluding hydrogens is 480 g/mol. The molecule has 32 heavy (non-hydrogen) atoms. The van der Waals surface area contributed by atoms with Crippen LogP contribution in [-0.4, -0.2) is 38.9 Å². The van der Waals surface area contributed by atoms with Crippen molar-refractivity contribution in [1.82, 2.24) is 0 Å². The summed E-state index contributed by atoms with van der Waals surface area (Å²) in [5.74, 6) is 0. The van der Waals surface area contributed by atoms with Gasteiger partial charge in [-0.15, -0.1) is 0 Å². The van der Waals surface area contributed by atoms with Gasteiger partial charge in [0.05, 0.1) is 0 Å². The summed E-state index contributed by atoms with van der Waals surface area (Å²) in [6, 6.07) is 7.85. The van der Waals surface area contributed by atoms with Crippen molar-refractivity contribution >= 4 is 62.7 Å². The molecule has 0 saturated heterocycles. The first-order valence-corrected chi connectivity index (χ1v) is 13.3. The zero-order valence-electron chi connectivity index (χ0n) is 16.4. The van der Waals surface area contributed by atoms with Crippen molar-refractivity contribution in [3.8, 4) is 0 Å². The SMILES string of the molecule is C=C(C)Cc1c(S(=O)(=O)O)c2ccc3ccc(S(=O)(=O)O)c4ccc(c1S(=O)(=O)O)c2c34. The number of benzene rings is 4. The largest absolute Gasteiger partial charge is 0.295 e. The average molecular weight is 497 g/mol. The Morgan fingerprint density at radius 1 is 0.719 bits per heavy atom. The first-order valence-electron chi connectivity index (χ1n) is 8.95. The van der Waals surface area contributed by atoms with Crippen LogP contribution in [0.15, 0.2) is 63.2 Å². The van der Waals surface area contributed by atoms with E-state index in [-0.39, 0.29) is 38.9 Å². The third-order valence-electron chi connectivity index (χ3n) is 5.18. The second-order valence-electron chi connectivity index (χ2n) is 7.51.